The van der Waals surface area contributed by atoms with Crippen molar-refractivity contribution in [3.63, 3.8) is 0 Å². The van der Waals surface area contributed by atoms with E-state index in [1.807, 2.05) is 24.3 Å². The van der Waals surface area contributed by atoms with Crippen LogP contribution < -0.4 is 10.1 Å². The molecule has 34 heavy (non-hydrogen) atoms. The van der Waals surface area contributed by atoms with Crippen molar-refractivity contribution in [1.82, 2.24) is 10.2 Å². The highest BCUT2D eigenvalue weighted by Crippen LogP contribution is 2.47. The topological polar surface area (TPSA) is 99.1 Å². The van der Waals surface area contributed by atoms with Crippen molar-refractivity contribution in [2.24, 2.45) is 5.92 Å². The number of nitrogens with one attached hydrogen (secondary N) is 1. The molecule has 0 spiro atoms. The summed E-state index contributed by atoms with van der Waals surface area (Å²) in [6.07, 6.45) is 8.16. The molecule has 3 aliphatic rings. The lowest BCUT2D eigenvalue weighted by molar-refractivity contribution is -0.137. The van der Waals surface area contributed by atoms with E-state index in [1.165, 1.54) is 6.42 Å². The highest BCUT2D eigenvalue weighted by atomic mass is 16.5. The maximum atomic E-state index is 13.4. The van der Waals surface area contributed by atoms with Gasteiger partial charge in [-0.25, -0.2) is 0 Å². The van der Waals surface area contributed by atoms with E-state index >= 15 is 0 Å². The zero-order valence-corrected chi connectivity index (χ0v) is 20.1. The van der Waals surface area contributed by atoms with Gasteiger partial charge in [0, 0.05) is 30.6 Å². The second-order valence-electron chi connectivity index (χ2n) is 9.83. The Morgan fingerprint density at radius 2 is 1.91 bits per heavy atom. The number of fused-ring (bicyclic) bond motifs is 3. The zero-order chi connectivity index (χ0) is 24.1. The molecule has 2 aliphatic carbocycles. The third-order valence-electron chi connectivity index (χ3n) is 7.20. The van der Waals surface area contributed by atoms with Crippen molar-refractivity contribution in [3.8, 4) is 5.75 Å². The Bertz CT molecular complexity index is 897. The molecule has 4 atom stereocenters. The molecular weight excluding hydrogens is 432 g/mol. The van der Waals surface area contributed by atoms with Gasteiger partial charge in [-0.2, -0.15) is 0 Å². The number of rotatable bonds is 12. The van der Waals surface area contributed by atoms with E-state index in [0.717, 1.165) is 44.1 Å². The lowest BCUT2D eigenvalue weighted by Crippen LogP contribution is -2.56. The SMILES string of the molecule is CCCCCCCC(=O)N(CC1CC1)C1C=C(C(=O)NCCO)C2c3ccccc3OC2C1O. The maximum Gasteiger partial charge on any atom is 0.247 e. The molecule has 1 saturated carbocycles. The van der Waals surface area contributed by atoms with Gasteiger partial charge in [0.2, 0.25) is 11.8 Å². The maximum absolute atomic E-state index is 13.4. The summed E-state index contributed by atoms with van der Waals surface area (Å²) in [6, 6.07) is 6.92. The number of amides is 2. The van der Waals surface area contributed by atoms with E-state index in [0.29, 0.717) is 30.2 Å². The van der Waals surface area contributed by atoms with Crippen molar-refractivity contribution in [2.75, 3.05) is 19.7 Å². The van der Waals surface area contributed by atoms with Gasteiger partial charge in [0.15, 0.2) is 0 Å². The second kappa shape index (κ2) is 11.4. The van der Waals surface area contributed by atoms with Crippen LogP contribution in [0.25, 0.3) is 0 Å². The lowest BCUT2D eigenvalue weighted by Gasteiger charge is -2.41. The molecule has 0 radical (unpaired) electrons. The fourth-order valence-corrected chi connectivity index (χ4v) is 5.18. The van der Waals surface area contributed by atoms with Crippen LogP contribution in [0.2, 0.25) is 0 Å². The summed E-state index contributed by atoms with van der Waals surface area (Å²) < 4.78 is 6.16. The monoisotopic (exact) mass is 470 g/mol. The highest BCUT2D eigenvalue weighted by molar-refractivity contribution is 5.96. The molecule has 3 N–H and O–H groups in total. The zero-order valence-electron chi connectivity index (χ0n) is 20.1. The van der Waals surface area contributed by atoms with Crippen molar-refractivity contribution >= 4 is 11.8 Å². The molecule has 186 valence electrons. The Morgan fingerprint density at radius 3 is 2.65 bits per heavy atom. The van der Waals surface area contributed by atoms with Gasteiger partial charge in [0.05, 0.1) is 18.6 Å². The van der Waals surface area contributed by atoms with Crippen LogP contribution in [0.5, 0.6) is 5.75 Å². The third-order valence-corrected chi connectivity index (χ3v) is 7.20. The first-order valence-corrected chi connectivity index (χ1v) is 12.9. The first-order chi connectivity index (χ1) is 16.5. The van der Waals surface area contributed by atoms with Gasteiger partial charge in [-0.15, -0.1) is 0 Å². The quantitative estimate of drug-likeness (QED) is 0.408. The Kier molecular flexibility index (Phi) is 8.27. The number of para-hydroxylation sites is 1. The molecule has 1 aromatic rings. The molecule has 1 aromatic carbocycles. The predicted molar refractivity (Wildman–Crippen MR) is 129 cm³/mol. The smallest absolute Gasteiger partial charge is 0.247 e. The van der Waals surface area contributed by atoms with Crippen LogP contribution in [0, 0.1) is 5.92 Å². The fourth-order valence-electron chi connectivity index (χ4n) is 5.18. The number of hydrogen-bond acceptors (Lipinski definition) is 5. The summed E-state index contributed by atoms with van der Waals surface area (Å²) in [5, 5.41) is 23.4. The summed E-state index contributed by atoms with van der Waals surface area (Å²) in [5.41, 5.74) is 1.36. The van der Waals surface area contributed by atoms with E-state index in [2.05, 4.69) is 12.2 Å². The summed E-state index contributed by atoms with van der Waals surface area (Å²) in [4.78, 5) is 28.3. The molecule has 0 aromatic heterocycles. The number of carbonyl (C=O) groups is 2. The van der Waals surface area contributed by atoms with Gasteiger partial charge in [-0.05, 0) is 37.3 Å². The molecule has 1 aliphatic heterocycles. The van der Waals surface area contributed by atoms with Crippen LogP contribution in [-0.4, -0.2) is 64.9 Å². The van der Waals surface area contributed by atoms with Crippen LogP contribution in [0.1, 0.15) is 69.8 Å². The first kappa shape index (κ1) is 24.7. The number of aliphatic hydroxyl groups is 2. The Labute approximate surface area is 202 Å². The fraction of sp³-hybridized carbons (Fsp3) is 0.630. The van der Waals surface area contributed by atoms with Gasteiger partial charge < -0.3 is 25.2 Å². The van der Waals surface area contributed by atoms with Gasteiger partial charge in [0.1, 0.15) is 18.0 Å². The van der Waals surface area contributed by atoms with E-state index in [1.54, 1.807) is 11.0 Å². The Morgan fingerprint density at radius 1 is 1.15 bits per heavy atom. The van der Waals surface area contributed by atoms with Crippen LogP contribution >= 0.6 is 0 Å². The van der Waals surface area contributed by atoms with Gasteiger partial charge in [-0.3, -0.25) is 9.59 Å². The average Bonchev–Trinajstić information content (AvgIpc) is 3.58. The van der Waals surface area contributed by atoms with Crippen LogP contribution in [0.4, 0.5) is 0 Å². The third kappa shape index (κ3) is 5.47. The Hall–Kier alpha value is -2.38. The summed E-state index contributed by atoms with van der Waals surface area (Å²) in [6.45, 7) is 2.76. The summed E-state index contributed by atoms with van der Waals surface area (Å²) >= 11 is 0. The molecular formula is C27H38N2O5. The van der Waals surface area contributed by atoms with Crippen LogP contribution in [-0.2, 0) is 9.59 Å². The molecule has 4 rings (SSSR count). The number of aliphatic hydroxyl groups excluding tert-OH is 2. The average molecular weight is 471 g/mol. The van der Waals surface area contributed by atoms with Crippen molar-refractivity contribution in [3.05, 3.63) is 41.5 Å². The molecule has 7 heteroatoms. The molecule has 2 amide bonds. The largest absolute Gasteiger partial charge is 0.486 e. The van der Waals surface area contributed by atoms with Crippen LogP contribution in [0.15, 0.2) is 35.9 Å². The number of ether oxygens (including phenoxy) is 1. The van der Waals surface area contributed by atoms with E-state index < -0.39 is 24.2 Å². The van der Waals surface area contributed by atoms with E-state index in [4.69, 9.17) is 4.74 Å². The predicted octanol–water partition coefficient (Wildman–Crippen LogP) is 2.91. The first-order valence-electron chi connectivity index (χ1n) is 12.9. The molecule has 1 heterocycles. The summed E-state index contributed by atoms with van der Waals surface area (Å²) in [5.74, 6) is 0.449. The molecule has 1 fully saturated rings. The normalized spacial score (nSPS) is 25.1. The lowest BCUT2D eigenvalue weighted by atomic mass is 9.77. The highest BCUT2D eigenvalue weighted by Gasteiger charge is 2.50. The number of hydrogen-bond donors (Lipinski definition) is 3. The number of benzene rings is 1. The minimum Gasteiger partial charge on any atom is -0.486 e. The molecule has 0 saturated heterocycles. The van der Waals surface area contributed by atoms with Gasteiger partial charge >= 0.3 is 0 Å². The minimum absolute atomic E-state index is 0.0350. The van der Waals surface area contributed by atoms with Gasteiger partial charge in [-0.1, -0.05) is 50.8 Å². The van der Waals surface area contributed by atoms with E-state index in [-0.39, 0.29) is 25.0 Å². The molecule has 0 bridgehead atoms. The number of unbranched alkanes of at least 4 members (excludes halogenated alkanes) is 4. The summed E-state index contributed by atoms with van der Waals surface area (Å²) in [7, 11) is 0. The number of carbonyl (C=O) groups excluding carboxylic acids is 2. The Balaban J connectivity index is 1.60. The van der Waals surface area contributed by atoms with E-state index in [9.17, 15) is 19.8 Å². The standard InChI is InChI=1S/C27H38N2O5/c1-2-3-4-5-6-11-23(31)29(17-18-12-13-18)21-16-20(27(33)28-14-15-30)24-19-9-7-8-10-22(19)34-26(24)25(21)32/h7-10,16,18,21,24-26,30,32H,2-6,11-15,17H2,1H3,(H,28,33). The van der Waals surface area contributed by atoms with Crippen LogP contribution in [0.3, 0.4) is 0 Å². The second-order valence-corrected chi connectivity index (χ2v) is 9.83. The van der Waals surface area contributed by atoms with Crippen molar-refractivity contribution < 1.29 is 24.5 Å². The van der Waals surface area contributed by atoms with Crippen molar-refractivity contribution in [1.29, 1.82) is 0 Å². The number of nitrogens with zero attached hydrogens (tertiary/aromatic N) is 1. The molecule has 4 unspecified atom stereocenters. The van der Waals surface area contributed by atoms with Gasteiger partial charge in [0.25, 0.3) is 0 Å². The minimum atomic E-state index is -0.936. The molecule has 7 nitrogen and oxygen atoms in total. The van der Waals surface area contributed by atoms with Crippen molar-refractivity contribution in [2.45, 2.75) is 82.5 Å².